The van der Waals surface area contributed by atoms with Crippen LogP contribution >= 0.6 is 15.9 Å². The first-order valence-electron chi connectivity index (χ1n) is 6.71. The lowest BCUT2D eigenvalue weighted by Gasteiger charge is -2.37. The molecule has 0 aromatic heterocycles. The predicted octanol–water partition coefficient (Wildman–Crippen LogP) is 3.18. The molecule has 104 valence electrons. The average molecular weight is 325 g/mol. The summed E-state index contributed by atoms with van der Waals surface area (Å²) >= 11 is 3.59. The minimum atomic E-state index is 0.104. The maximum absolute atomic E-state index is 11.4. The van der Waals surface area contributed by atoms with Crippen LogP contribution in [0.4, 0.5) is 5.69 Å². The van der Waals surface area contributed by atoms with Gasteiger partial charge in [-0.2, -0.15) is 0 Å². The highest BCUT2D eigenvalue weighted by molar-refractivity contribution is 9.10. The largest absolute Gasteiger partial charge is 0.369 e. The smallest absolute Gasteiger partial charge is 0.159 e. The molecule has 1 heterocycles. The molecule has 1 unspecified atom stereocenters. The molecule has 1 fully saturated rings. The zero-order chi connectivity index (χ0) is 14.0. The third kappa shape index (κ3) is 3.37. The number of anilines is 1. The topological polar surface area (TPSA) is 23.6 Å². The quantitative estimate of drug-likeness (QED) is 0.798. The van der Waals surface area contributed by atoms with Gasteiger partial charge in [0.1, 0.15) is 0 Å². The van der Waals surface area contributed by atoms with Crippen molar-refractivity contribution in [2.45, 2.75) is 25.8 Å². The molecule has 0 saturated carbocycles. The average Bonchev–Trinajstić information content (AvgIpc) is 2.37. The second-order valence-electron chi connectivity index (χ2n) is 5.39. The Hall–Kier alpha value is -0.870. The van der Waals surface area contributed by atoms with Gasteiger partial charge in [0.2, 0.25) is 0 Å². The van der Waals surface area contributed by atoms with Crippen molar-refractivity contribution in [2.24, 2.45) is 0 Å². The van der Waals surface area contributed by atoms with E-state index >= 15 is 0 Å². The minimum Gasteiger partial charge on any atom is -0.369 e. The molecule has 0 amide bonds. The molecule has 4 heteroatoms. The highest BCUT2D eigenvalue weighted by atomic mass is 79.9. The van der Waals surface area contributed by atoms with Crippen LogP contribution in [-0.2, 0) is 0 Å². The van der Waals surface area contributed by atoms with Crippen molar-refractivity contribution in [1.82, 2.24) is 4.90 Å². The fourth-order valence-electron chi connectivity index (χ4n) is 2.66. The summed E-state index contributed by atoms with van der Waals surface area (Å²) in [5.41, 5.74) is 1.91. The number of Topliss-reactive ketones (excluding diaryl/α,β-unsaturated/α-hetero) is 1. The Balaban J connectivity index is 2.19. The maximum atomic E-state index is 11.4. The van der Waals surface area contributed by atoms with Gasteiger partial charge in [0, 0.05) is 29.7 Å². The van der Waals surface area contributed by atoms with Gasteiger partial charge in [-0.1, -0.05) is 0 Å². The number of piperidine rings is 1. The normalized spacial score (nSPS) is 20.3. The number of ketones is 1. The summed E-state index contributed by atoms with van der Waals surface area (Å²) in [6.45, 7) is 3.88. The van der Waals surface area contributed by atoms with Crippen LogP contribution in [0.1, 0.15) is 30.1 Å². The van der Waals surface area contributed by atoms with Crippen LogP contribution in [0.3, 0.4) is 0 Å². The number of benzene rings is 1. The predicted molar refractivity (Wildman–Crippen MR) is 83.1 cm³/mol. The van der Waals surface area contributed by atoms with Gasteiger partial charge in [-0.05, 0) is 67.5 Å². The Bertz CT molecular complexity index is 475. The molecule has 1 aliphatic heterocycles. The number of hydrogen-bond donors (Lipinski definition) is 0. The van der Waals surface area contributed by atoms with E-state index in [2.05, 4.69) is 39.8 Å². The number of likely N-dealkylation sites (tertiary alicyclic amines) is 1. The number of halogens is 1. The monoisotopic (exact) mass is 324 g/mol. The second kappa shape index (κ2) is 6.06. The molecule has 1 aromatic rings. The molecule has 0 radical (unpaired) electrons. The van der Waals surface area contributed by atoms with Crippen molar-refractivity contribution in [1.29, 1.82) is 0 Å². The molecular weight excluding hydrogens is 304 g/mol. The summed E-state index contributed by atoms with van der Waals surface area (Å²) in [5, 5.41) is 0. The van der Waals surface area contributed by atoms with E-state index in [1.807, 2.05) is 18.2 Å². The van der Waals surface area contributed by atoms with Crippen LogP contribution in [0.25, 0.3) is 0 Å². The maximum Gasteiger partial charge on any atom is 0.159 e. The Labute approximate surface area is 123 Å². The van der Waals surface area contributed by atoms with E-state index in [4.69, 9.17) is 0 Å². The molecular formula is C15H21BrN2O. The van der Waals surface area contributed by atoms with E-state index < -0.39 is 0 Å². The van der Waals surface area contributed by atoms with Crippen LogP contribution in [0, 0.1) is 0 Å². The lowest BCUT2D eigenvalue weighted by atomic mass is 10.0. The van der Waals surface area contributed by atoms with Crippen molar-refractivity contribution in [3.63, 3.8) is 0 Å². The first kappa shape index (κ1) is 14.5. The van der Waals surface area contributed by atoms with Gasteiger partial charge in [0.15, 0.2) is 5.78 Å². The fourth-order valence-corrected chi connectivity index (χ4v) is 3.32. The molecule has 1 aromatic carbocycles. The minimum absolute atomic E-state index is 0.104. The first-order chi connectivity index (χ1) is 8.99. The van der Waals surface area contributed by atoms with Gasteiger partial charge in [-0.15, -0.1) is 0 Å². The van der Waals surface area contributed by atoms with Crippen molar-refractivity contribution < 1.29 is 4.79 Å². The van der Waals surface area contributed by atoms with Crippen molar-refractivity contribution in [2.75, 3.05) is 32.1 Å². The number of nitrogens with zero attached hydrogens (tertiary/aromatic N) is 2. The Morgan fingerprint density at radius 3 is 2.79 bits per heavy atom. The SMILES string of the molecule is CC(=O)c1ccc(N(C)C2CCCN(C)C2)c(Br)c1. The van der Waals surface area contributed by atoms with Gasteiger partial charge in [0.25, 0.3) is 0 Å². The van der Waals surface area contributed by atoms with Gasteiger partial charge >= 0.3 is 0 Å². The third-order valence-electron chi connectivity index (χ3n) is 3.88. The van der Waals surface area contributed by atoms with E-state index in [1.165, 1.54) is 19.4 Å². The van der Waals surface area contributed by atoms with E-state index in [-0.39, 0.29) is 5.78 Å². The molecule has 1 saturated heterocycles. The molecule has 3 nitrogen and oxygen atoms in total. The number of likely N-dealkylation sites (N-methyl/N-ethyl adjacent to an activating group) is 2. The molecule has 2 rings (SSSR count). The van der Waals surface area contributed by atoms with Crippen molar-refractivity contribution in [3.05, 3.63) is 28.2 Å². The van der Waals surface area contributed by atoms with Crippen LogP contribution in [0.15, 0.2) is 22.7 Å². The standard InChI is InChI=1S/C15H21BrN2O/c1-11(19)12-6-7-15(14(16)9-12)18(3)13-5-4-8-17(2)10-13/h6-7,9,13H,4-5,8,10H2,1-3H3. The molecule has 19 heavy (non-hydrogen) atoms. The Morgan fingerprint density at radius 2 is 2.21 bits per heavy atom. The van der Waals surface area contributed by atoms with Crippen LogP contribution in [0.5, 0.6) is 0 Å². The molecule has 0 aliphatic carbocycles. The number of hydrogen-bond acceptors (Lipinski definition) is 3. The number of carbonyl (C=O) groups is 1. The molecule has 1 aliphatic rings. The summed E-state index contributed by atoms with van der Waals surface area (Å²) < 4.78 is 0.996. The summed E-state index contributed by atoms with van der Waals surface area (Å²) in [7, 11) is 4.31. The lowest BCUT2D eigenvalue weighted by Crippen LogP contribution is -2.45. The van der Waals surface area contributed by atoms with Crippen LogP contribution < -0.4 is 4.90 Å². The van der Waals surface area contributed by atoms with Gasteiger partial charge in [-0.25, -0.2) is 0 Å². The molecule has 0 bridgehead atoms. The van der Waals surface area contributed by atoms with Gasteiger partial charge < -0.3 is 9.80 Å². The van der Waals surface area contributed by atoms with Gasteiger partial charge in [0.05, 0.1) is 5.69 Å². The van der Waals surface area contributed by atoms with E-state index in [1.54, 1.807) is 6.92 Å². The molecule has 0 N–H and O–H groups in total. The third-order valence-corrected chi connectivity index (χ3v) is 4.52. The summed E-state index contributed by atoms with van der Waals surface area (Å²) in [6, 6.07) is 6.40. The first-order valence-corrected chi connectivity index (χ1v) is 7.50. The number of rotatable bonds is 3. The fraction of sp³-hybridized carbons (Fsp3) is 0.533. The Kier molecular flexibility index (Phi) is 4.63. The zero-order valence-electron chi connectivity index (χ0n) is 11.8. The van der Waals surface area contributed by atoms with E-state index in [0.717, 1.165) is 22.3 Å². The van der Waals surface area contributed by atoms with Crippen LogP contribution in [0.2, 0.25) is 0 Å². The van der Waals surface area contributed by atoms with Gasteiger partial charge in [-0.3, -0.25) is 4.79 Å². The summed E-state index contributed by atoms with van der Waals surface area (Å²) in [5.74, 6) is 0.104. The lowest BCUT2D eigenvalue weighted by molar-refractivity contribution is 0.101. The second-order valence-corrected chi connectivity index (χ2v) is 6.25. The van der Waals surface area contributed by atoms with E-state index in [9.17, 15) is 4.79 Å². The van der Waals surface area contributed by atoms with Crippen LogP contribution in [-0.4, -0.2) is 43.9 Å². The summed E-state index contributed by atoms with van der Waals surface area (Å²) in [4.78, 5) is 16.1. The highest BCUT2D eigenvalue weighted by Crippen LogP contribution is 2.30. The zero-order valence-corrected chi connectivity index (χ0v) is 13.4. The van der Waals surface area contributed by atoms with Crippen molar-refractivity contribution in [3.8, 4) is 0 Å². The summed E-state index contributed by atoms with van der Waals surface area (Å²) in [6.07, 6.45) is 2.47. The Morgan fingerprint density at radius 1 is 1.47 bits per heavy atom. The highest BCUT2D eigenvalue weighted by Gasteiger charge is 2.22. The molecule has 0 spiro atoms. The van der Waals surface area contributed by atoms with Crippen molar-refractivity contribution >= 4 is 27.4 Å². The molecule has 1 atom stereocenters. The van der Waals surface area contributed by atoms with E-state index in [0.29, 0.717) is 6.04 Å². The number of carbonyl (C=O) groups excluding carboxylic acids is 1.